The Morgan fingerprint density at radius 3 is 2.50 bits per heavy atom. The summed E-state index contributed by atoms with van der Waals surface area (Å²) in [5, 5.41) is 13.8. The Hall–Kier alpha value is -2.18. The average Bonchev–Trinajstić information content (AvgIpc) is 2.38. The molecule has 0 spiro atoms. The van der Waals surface area contributed by atoms with Crippen molar-refractivity contribution in [2.45, 2.75) is 31.7 Å². The van der Waals surface area contributed by atoms with Crippen molar-refractivity contribution >= 4 is 17.3 Å². The molecule has 2 rings (SSSR count). The molecule has 1 aliphatic rings. The van der Waals surface area contributed by atoms with Gasteiger partial charge in [0.15, 0.2) is 0 Å². The highest BCUT2D eigenvalue weighted by atomic mass is 19.1. The lowest BCUT2D eigenvalue weighted by molar-refractivity contribution is -0.385. The van der Waals surface area contributed by atoms with Crippen LogP contribution in [-0.2, 0) is 4.79 Å². The van der Waals surface area contributed by atoms with Crippen LogP contribution in [-0.4, -0.2) is 16.9 Å². The van der Waals surface area contributed by atoms with E-state index >= 15 is 0 Å². The molecule has 0 radical (unpaired) electrons. The van der Waals surface area contributed by atoms with Gasteiger partial charge >= 0.3 is 0 Å². The van der Waals surface area contributed by atoms with Crippen molar-refractivity contribution in [1.82, 2.24) is 0 Å². The lowest BCUT2D eigenvalue weighted by Crippen LogP contribution is -2.32. The number of anilines is 1. The number of non-ortho nitro benzene ring substituents is 1. The van der Waals surface area contributed by atoms with Crippen molar-refractivity contribution in [1.29, 1.82) is 0 Å². The molecule has 20 heavy (non-hydrogen) atoms. The maximum absolute atomic E-state index is 13.3. The first-order chi connectivity index (χ1) is 9.45. The summed E-state index contributed by atoms with van der Waals surface area (Å²) in [5.74, 6) is -1.03. The van der Waals surface area contributed by atoms with Crippen LogP contribution in [0.5, 0.6) is 0 Å². The van der Waals surface area contributed by atoms with Gasteiger partial charge in [-0.1, -0.05) is 0 Å². The van der Waals surface area contributed by atoms with Crippen LogP contribution in [0.1, 0.15) is 25.7 Å². The number of nitro benzene ring substituents is 1. The number of carbonyl (C=O) groups excluding carboxylic acids is 1. The number of nitrogens with two attached hydrogens (primary N) is 1. The van der Waals surface area contributed by atoms with E-state index in [4.69, 9.17) is 5.73 Å². The number of hydrogen-bond acceptors (Lipinski definition) is 4. The van der Waals surface area contributed by atoms with Gasteiger partial charge in [-0.3, -0.25) is 14.9 Å². The number of benzene rings is 1. The second kappa shape index (κ2) is 5.85. The summed E-state index contributed by atoms with van der Waals surface area (Å²) in [4.78, 5) is 21.1. The summed E-state index contributed by atoms with van der Waals surface area (Å²) in [6.07, 6.45) is 2.84. The number of halogens is 1. The highest BCUT2D eigenvalue weighted by Crippen LogP contribution is 2.28. The molecule has 1 fully saturated rings. The predicted octanol–water partition coefficient (Wildman–Crippen LogP) is 2.19. The lowest BCUT2D eigenvalue weighted by Gasteiger charge is -2.28. The summed E-state index contributed by atoms with van der Waals surface area (Å²) in [6, 6.07) is 3.50. The van der Waals surface area contributed by atoms with Crippen molar-refractivity contribution in [2.24, 2.45) is 11.7 Å². The van der Waals surface area contributed by atoms with E-state index in [1.165, 1.54) is 12.1 Å². The molecule has 3 N–H and O–H groups in total. The van der Waals surface area contributed by atoms with Gasteiger partial charge in [-0.15, -0.1) is 0 Å². The van der Waals surface area contributed by atoms with E-state index in [1.807, 2.05) is 0 Å². The molecule has 1 aliphatic carbocycles. The number of rotatable bonds is 4. The van der Waals surface area contributed by atoms with E-state index in [-0.39, 0.29) is 23.6 Å². The van der Waals surface area contributed by atoms with E-state index in [1.54, 1.807) is 0 Å². The van der Waals surface area contributed by atoms with E-state index in [0.29, 0.717) is 18.5 Å². The van der Waals surface area contributed by atoms with Crippen molar-refractivity contribution in [2.75, 3.05) is 5.32 Å². The van der Waals surface area contributed by atoms with E-state index < -0.39 is 10.7 Å². The SMILES string of the molecule is NC(=O)C1CCC(Nc2cc(F)cc([N+](=O)[O-])c2)CC1. The Morgan fingerprint density at radius 1 is 1.30 bits per heavy atom. The van der Waals surface area contributed by atoms with Crippen molar-refractivity contribution in [3.8, 4) is 0 Å². The van der Waals surface area contributed by atoms with Crippen LogP contribution in [0.3, 0.4) is 0 Å². The molecule has 6 nitrogen and oxygen atoms in total. The Balaban J connectivity index is 2.01. The monoisotopic (exact) mass is 281 g/mol. The topological polar surface area (TPSA) is 98.3 Å². The largest absolute Gasteiger partial charge is 0.382 e. The highest BCUT2D eigenvalue weighted by molar-refractivity contribution is 5.76. The second-order valence-corrected chi connectivity index (χ2v) is 5.05. The van der Waals surface area contributed by atoms with Gasteiger partial charge in [-0.2, -0.15) is 0 Å². The maximum atomic E-state index is 13.3. The Kier molecular flexibility index (Phi) is 4.16. The van der Waals surface area contributed by atoms with Crippen LogP contribution < -0.4 is 11.1 Å². The fraction of sp³-hybridized carbons (Fsp3) is 0.462. The summed E-state index contributed by atoms with van der Waals surface area (Å²) < 4.78 is 13.3. The standard InChI is InChI=1S/C13H16FN3O3/c14-9-5-11(7-12(6-9)17(19)20)16-10-3-1-8(2-4-10)13(15)18/h5-8,10,16H,1-4H2,(H2,15,18). The smallest absolute Gasteiger partial charge is 0.274 e. The molecule has 7 heteroatoms. The summed E-state index contributed by atoms with van der Waals surface area (Å²) >= 11 is 0. The molecule has 0 aromatic heterocycles. The first-order valence-electron chi connectivity index (χ1n) is 6.46. The first-order valence-corrected chi connectivity index (χ1v) is 6.46. The van der Waals surface area contributed by atoms with Crippen molar-refractivity contribution < 1.29 is 14.1 Å². The third-order valence-corrected chi connectivity index (χ3v) is 3.59. The van der Waals surface area contributed by atoms with Crippen LogP contribution in [0.2, 0.25) is 0 Å². The zero-order valence-electron chi connectivity index (χ0n) is 10.8. The fourth-order valence-corrected chi connectivity index (χ4v) is 2.52. The molecule has 1 saturated carbocycles. The molecular weight excluding hydrogens is 265 g/mol. The zero-order valence-corrected chi connectivity index (χ0v) is 10.8. The molecule has 0 saturated heterocycles. The van der Waals surface area contributed by atoms with E-state index in [2.05, 4.69) is 5.32 Å². The average molecular weight is 281 g/mol. The minimum absolute atomic E-state index is 0.0759. The first kappa shape index (κ1) is 14.2. The fourth-order valence-electron chi connectivity index (χ4n) is 2.52. The summed E-state index contributed by atoms with van der Waals surface area (Å²) in [6.45, 7) is 0. The number of amides is 1. The number of primary amides is 1. The summed E-state index contributed by atoms with van der Waals surface area (Å²) in [5.41, 5.74) is 5.36. The molecule has 1 aromatic carbocycles. The van der Waals surface area contributed by atoms with Crippen molar-refractivity contribution in [3.05, 3.63) is 34.1 Å². The van der Waals surface area contributed by atoms with E-state index in [9.17, 15) is 19.3 Å². The van der Waals surface area contributed by atoms with Gasteiger partial charge in [0.05, 0.1) is 11.0 Å². The quantitative estimate of drug-likeness (QED) is 0.652. The minimum atomic E-state index is -0.646. The Labute approximate surface area is 115 Å². The van der Waals surface area contributed by atoms with Crippen LogP contribution in [0.15, 0.2) is 18.2 Å². The van der Waals surface area contributed by atoms with Gasteiger partial charge in [0.25, 0.3) is 5.69 Å². The molecular formula is C13H16FN3O3. The number of nitrogens with zero attached hydrogens (tertiary/aromatic N) is 1. The third-order valence-electron chi connectivity index (χ3n) is 3.59. The predicted molar refractivity (Wildman–Crippen MR) is 71.6 cm³/mol. The van der Waals surface area contributed by atoms with Gasteiger partial charge in [0.1, 0.15) is 5.82 Å². The normalized spacial score (nSPS) is 22.2. The maximum Gasteiger partial charge on any atom is 0.274 e. The van der Waals surface area contributed by atoms with Gasteiger partial charge in [-0.25, -0.2) is 4.39 Å². The van der Waals surface area contributed by atoms with Gasteiger partial charge in [0.2, 0.25) is 5.91 Å². The Bertz CT molecular complexity index is 528. The molecule has 1 amide bonds. The van der Waals surface area contributed by atoms with Crippen molar-refractivity contribution in [3.63, 3.8) is 0 Å². The zero-order chi connectivity index (χ0) is 14.7. The number of carbonyl (C=O) groups is 1. The molecule has 0 atom stereocenters. The van der Waals surface area contributed by atoms with Crippen LogP contribution in [0.4, 0.5) is 15.8 Å². The second-order valence-electron chi connectivity index (χ2n) is 5.05. The van der Waals surface area contributed by atoms with Crippen LogP contribution in [0, 0.1) is 21.8 Å². The number of hydrogen-bond donors (Lipinski definition) is 2. The van der Waals surface area contributed by atoms with Gasteiger partial charge in [0, 0.05) is 23.7 Å². The molecule has 0 aliphatic heterocycles. The minimum Gasteiger partial charge on any atom is -0.382 e. The molecule has 0 heterocycles. The molecule has 0 unspecified atom stereocenters. The van der Waals surface area contributed by atoms with E-state index in [0.717, 1.165) is 18.9 Å². The lowest BCUT2D eigenvalue weighted by atomic mass is 9.85. The van der Waals surface area contributed by atoms with Crippen LogP contribution in [0.25, 0.3) is 0 Å². The van der Waals surface area contributed by atoms with Gasteiger partial charge in [-0.05, 0) is 31.7 Å². The molecule has 108 valence electrons. The molecule has 1 aromatic rings. The Morgan fingerprint density at radius 2 is 1.95 bits per heavy atom. The summed E-state index contributed by atoms with van der Waals surface area (Å²) in [7, 11) is 0. The third kappa shape index (κ3) is 3.43. The molecule has 0 bridgehead atoms. The number of nitrogens with one attached hydrogen (secondary N) is 1. The van der Waals surface area contributed by atoms with Crippen LogP contribution >= 0.6 is 0 Å². The van der Waals surface area contributed by atoms with Gasteiger partial charge < -0.3 is 11.1 Å². The number of nitro groups is 1. The highest BCUT2D eigenvalue weighted by Gasteiger charge is 2.24.